The number of anilines is 1. The Morgan fingerprint density at radius 2 is 1.61 bits per heavy atom. The molecule has 0 bridgehead atoms. The zero-order valence-corrected chi connectivity index (χ0v) is 15.8. The van der Waals surface area contributed by atoms with Crippen LogP contribution in [0.25, 0.3) is 0 Å². The Labute approximate surface area is 165 Å². The van der Waals surface area contributed by atoms with Crippen molar-refractivity contribution in [1.29, 1.82) is 0 Å². The van der Waals surface area contributed by atoms with Gasteiger partial charge in [0.25, 0.3) is 0 Å². The average molecular weight is 372 g/mol. The summed E-state index contributed by atoms with van der Waals surface area (Å²) in [4.78, 5) is 14.9. The zero-order chi connectivity index (χ0) is 19.2. The summed E-state index contributed by atoms with van der Waals surface area (Å²) in [5.74, 6) is 1.40. The van der Waals surface area contributed by atoms with E-state index >= 15 is 0 Å². The Balaban J connectivity index is 1.33. The zero-order valence-electron chi connectivity index (χ0n) is 15.8. The van der Waals surface area contributed by atoms with Crippen LogP contribution >= 0.6 is 0 Å². The van der Waals surface area contributed by atoms with Crippen molar-refractivity contribution in [2.75, 3.05) is 18.4 Å². The van der Waals surface area contributed by atoms with Crippen LogP contribution in [0.3, 0.4) is 0 Å². The minimum absolute atomic E-state index is 0.00275. The first kappa shape index (κ1) is 18.3. The number of benzene rings is 3. The fraction of sp³-hybridized carbons (Fsp3) is 0.208. The van der Waals surface area contributed by atoms with Crippen molar-refractivity contribution >= 4 is 11.6 Å². The molecule has 4 nitrogen and oxygen atoms in total. The van der Waals surface area contributed by atoms with Crippen LogP contribution in [0.2, 0.25) is 0 Å². The van der Waals surface area contributed by atoms with Gasteiger partial charge < -0.3 is 10.1 Å². The van der Waals surface area contributed by atoms with Crippen LogP contribution in [0.5, 0.6) is 11.5 Å². The van der Waals surface area contributed by atoms with Crippen LogP contribution in [-0.4, -0.2) is 23.9 Å². The largest absolute Gasteiger partial charge is 0.455 e. The molecule has 0 aromatic heterocycles. The van der Waals surface area contributed by atoms with Crippen LogP contribution in [-0.2, 0) is 17.8 Å². The molecule has 1 heterocycles. The summed E-state index contributed by atoms with van der Waals surface area (Å²) < 4.78 is 5.92. The van der Waals surface area contributed by atoms with Crippen LogP contribution < -0.4 is 10.1 Å². The number of amides is 1. The van der Waals surface area contributed by atoms with Crippen molar-refractivity contribution in [2.24, 2.45) is 0 Å². The van der Waals surface area contributed by atoms with E-state index in [2.05, 4.69) is 34.5 Å². The predicted molar refractivity (Wildman–Crippen MR) is 112 cm³/mol. The van der Waals surface area contributed by atoms with Gasteiger partial charge in [-0.1, -0.05) is 54.6 Å². The van der Waals surface area contributed by atoms with Crippen LogP contribution in [0.4, 0.5) is 5.69 Å². The number of hydrogen-bond acceptors (Lipinski definition) is 3. The van der Waals surface area contributed by atoms with Gasteiger partial charge in [0.05, 0.1) is 5.69 Å². The van der Waals surface area contributed by atoms with Gasteiger partial charge in [0.2, 0.25) is 5.91 Å². The van der Waals surface area contributed by atoms with E-state index < -0.39 is 0 Å². The number of carbonyl (C=O) groups is 1. The molecular weight excluding hydrogens is 348 g/mol. The van der Waals surface area contributed by atoms with Gasteiger partial charge in [0, 0.05) is 26.1 Å². The lowest BCUT2D eigenvalue weighted by atomic mass is 10.00. The average Bonchev–Trinajstić information content (AvgIpc) is 2.74. The Hall–Kier alpha value is -3.11. The SMILES string of the molecule is O=C(CCN1CCc2ccccc2C1)Nc1ccccc1Oc1ccccc1. The second kappa shape index (κ2) is 8.72. The number of rotatable bonds is 6. The molecule has 0 fully saturated rings. The van der Waals surface area contributed by atoms with E-state index in [0.717, 1.165) is 31.8 Å². The third-order valence-electron chi connectivity index (χ3n) is 5.00. The highest BCUT2D eigenvalue weighted by Crippen LogP contribution is 2.29. The lowest BCUT2D eigenvalue weighted by Crippen LogP contribution is -2.33. The fourth-order valence-corrected chi connectivity index (χ4v) is 3.49. The van der Waals surface area contributed by atoms with Crippen molar-refractivity contribution in [3.05, 3.63) is 90.0 Å². The molecule has 3 aromatic carbocycles. The minimum Gasteiger partial charge on any atom is -0.455 e. The Bertz CT molecular complexity index is 940. The van der Waals surface area contributed by atoms with Gasteiger partial charge >= 0.3 is 0 Å². The minimum atomic E-state index is 0.00275. The van der Waals surface area contributed by atoms with E-state index in [1.807, 2.05) is 54.6 Å². The number of hydrogen-bond donors (Lipinski definition) is 1. The molecule has 4 heteroatoms. The molecule has 0 saturated heterocycles. The molecule has 0 spiro atoms. The fourth-order valence-electron chi connectivity index (χ4n) is 3.49. The van der Waals surface area contributed by atoms with Crippen molar-refractivity contribution in [2.45, 2.75) is 19.4 Å². The van der Waals surface area contributed by atoms with E-state index in [4.69, 9.17) is 4.74 Å². The number of carbonyl (C=O) groups excluding carboxylic acids is 1. The number of nitrogens with one attached hydrogen (secondary N) is 1. The first-order chi connectivity index (χ1) is 13.8. The van der Waals surface area contributed by atoms with Gasteiger partial charge in [-0.3, -0.25) is 9.69 Å². The van der Waals surface area contributed by atoms with Gasteiger partial charge in [-0.15, -0.1) is 0 Å². The highest BCUT2D eigenvalue weighted by atomic mass is 16.5. The molecule has 0 aliphatic carbocycles. The first-order valence-electron chi connectivity index (χ1n) is 9.69. The van der Waals surface area contributed by atoms with Gasteiger partial charge in [-0.25, -0.2) is 0 Å². The molecule has 4 rings (SSSR count). The maximum Gasteiger partial charge on any atom is 0.225 e. The summed E-state index contributed by atoms with van der Waals surface area (Å²) in [6.07, 6.45) is 1.51. The lowest BCUT2D eigenvalue weighted by Gasteiger charge is -2.28. The second-order valence-electron chi connectivity index (χ2n) is 7.00. The van der Waals surface area contributed by atoms with Crippen LogP contribution in [0.1, 0.15) is 17.5 Å². The third kappa shape index (κ3) is 4.59. The summed E-state index contributed by atoms with van der Waals surface area (Å²) in [7, 11) is 0. The Morgan fingerprint density at radius 1 is 0.893 bits per heavy atom. The maximum atomic E-state index is 12.5. The molecule has 0 unspecified atom stereocenters. The standard InChI is InChI=1S/C24H24N2O2/c27-24(15-17-26-16-14-19-8-4-5-9-20(19)18-26)25-22-12-6-7-13-23(22)28-21-10-2-1-3-11-21/h1-13H,14-18H2,(H,25,27). The topological polar surface area (TPSA) is 41.6 Å². The van der Waals surface area contributed by atoms with Gasteiger partial charge in [0.1, 0.15) is 5.75 Å². The van der Waals surface area contributed by atoms with Crippen molar-refractivity contribution in [3.8, 4) is 11.5 Å². The van der Waals surface area contributed by atoms with E-state index in [1.165, 1.54) is 11.1 Å². The maximum absolute atomic E-state index is 12.5. The number of nitrogens with zero attached hydrogens (tertiary/aromatic N) is 1. The van der Waals surface area contributed by atoms with Crippen LogP contribution in [0, 0.1) is 0 Å². The lowest BCUT2D eigenvalue weighted by molar-refractivity contribution is -0.116. The smallest absolute Gasteiger partial charge is 0.225 e. The van der Waals surface area contributed by atoms with Crippen molar-refractivity contribution < 1.29 is 9.53 Å². The molecular formula is C24H24N2O2. The van der Waals surface area contributed by atoms with E-state index in [1.54, 1.807) is 0 Å². The van der Waals surface area contributed by atoms with Crippen molar-refractivity contribution in [1.82, 2.24) is 4.90 Å². The summed E-state index contributed by atoms with van der Waals surface area (Å²) >= 11 is 0. The number of ether oxygens (including phenoxy) is 1. The first-order valence-corrected chi connectivity index (χ1v) is 9.69. The molecule has 0 saturated carbocycles. The highest BCUT2D eigenvalue weighted by molar-refractivity contribution is 5.92. The molecule has 28 heavy (non-hydrogen) atoms. The van der Waals surface area contributed by atoms with Crippen molar-refractivity contribution in [3.63, 3.8) is 0 Å². The van der Waals surface area contributed by atoms with Crippen LogP contribution in [0.15, 0.2) is 78.9 Å². The predicted octanol–water partition coefficient (Wildman–Crippen LogP) is 4.87. The van der Waals surface area contributed by atoms with E-state index in [9.17, 15) is 4.79 Å². The normalized spacial score (nSPS) is 13.6. The molecule has 1 aliphatic rings. The molecule has 1 N–H and O–H groups in total. The molecule has 1 aliphatic heterocycles. The summed E-state index contributed by atoms with van der Waals surface area (Å²) in [6, 6.07) is 25.7. The van der Waals surface area contributed by atoms with Gasteiger partial charge in [-0.2, -0.15) is 0 Å². The molecule has 0 radical (unpaired) electrons. The van der Waals surface area contributed by atoms with Gasteiger partial charge in [0.15, 0.2) is 5.75 Å². The molecule has 3 aromatic rings. The quantitative estimate of drug-likeness (QED) is 0.671. The summed E-state index contributed by atoms with van der Waals surface area (Å²) in [6.45, 7) is 2.66. The second-order valence-corrected chi connectivity index (χ2v) is 7.00. The van der Waals surface area contributed by atoms with Gasteiger partial charge in [-0.05, 0) is 41.8 Å². The Morgan fingerprint density at radius 3 is 2.46 bits per heavy atom. The molecule has 1 amide bonds. The summed E-state index contributed by atoms with van der Waals surface area (Å²) in [5, 5.41) is 3.00. The third-order valence-corrected chi connectivity index (χ3v) is 5.00. The highest BCUT2D eigenvalue weighted by Gasteiger charge is 2.17. The molecule has 0 atom stereocenters. The number of fused-ring (bicyclic) bond motifs is 1. The van der Waals surface area contributed by atoms with E-state index in [-0.39, 0.29) is 5.91 Å². The monoisotopic (exact) mass is 372 g/mol. The van der Waals surface area contributed by atoms with E-state index in [0.29, 0.717) is 17.9 Å². The summed E-state index contributed by atoms with van der Waals surface area (Å²) in [5.41, 5.74) is 3.49. The number of para-hydroxylation sites is 3. The molecule has 142 valence electrons. The Kier molecular flexibility index (Phi) is 5.69.